The van der Waals surface area contributed by atoms with Gasteiger partial charge >= 0.3 is 7.82 Å². The molecule has 12 nitrogen and oxygen atoms in total. The average Bonchev–Trinajstić information content (AvgIpc) is 3.12. The highest BCUT2D eigenvalue weighted by atomic mass is 31.2. The Morgan fingerprint density at radius 2 is 2.23 bits per heavy atom. The lowest BCUT2D eigenvalue weighted by Crippen LogP contribution is -2.47. The van der Waals surface area contributed by atoms with E-state index < -0.39 is 37.4 Å². The van der Waals surface area contributed by atoms with Crippen molar-refractivity contribution < 1.29 is 27.6 Å². The highest BCUT2D eigenvalue weighted by Crippen LogP contribution is 2.72. The Hall–Kier alpha value is -2.11. The number of rotatable bonds is 6. The monoisotopic (exact) mass is 452 g/mol. The van der Waals surface area contributed by atoms with Crippen molar-refractivity contribution in [2.24, 2.45) is 4.99 Å². The molecule has 0 aromatic carbocycles. The topological polar surface area (TPSA) is 145 Å². The summed E-state index contributed by atoms with van der Waals surface area (Å²) in [6, 6.07) is 0. The van der Waals surface area contributed by atoms with E-state index >= 15 is 0 Å². The highest BCUT2D eigenvalue weighted by molar-refractivity contribution is 7.48. The molecule has 3 aliphatic rings. The van der Waals surface area contributed by atoms with E-state index in [0.717, 1.165) is 0 Å². The average molecular weight is 452 g/mol. The minimum absolute atomic E-state index is 0.0401. The first-order valence-corrected chi connectivity index (χ1v) is 11.6. The number of hydrogen-bond acceptors (Lipinski definition) is 11. The fraction of sp³-hybridized carbons (Fsp3) is 0.667. The number of hydrogen-bond donors (Lipinski definition) is 1. The summed E-state index contributed by atoms with van der Waals surface area (Å²) < 4.78 is 43.9. The van der Waals surface area contributed by atoms with Crippen LogP contribution >= 0.6 is 7.82 Å². The third-order valence-electron chi connectivity index (χ3n) is 5.81. The van der Waals surface area contributed by atoms with Crippen LogP contribution in [0.4, 0.5) is 5.95 Å². The molecule has 3 fully saturated rings. The molecule has 2 aromatic heterocycles. The molecule has 31 heavy (non-hydrogen) atoms. The van der Waals surface area contributed by atoms with E-state index in [0.29, 0.717) is 24.2 Å². The molecule has 168 valence electrons. The van der Waals surface area contributed by atoms with Gasteiger partial charge in [-0.2, -0.15) is 9.97 Å². The van der Waals surface area contributed by atoms with Crippen LogP contribution < -0.4 is 10.5 Å². The van der Waals surface area contributed by atoms with Crippen molar-refractivity contribution in [3.8, 4) is 5.88 Å². The Bertz CT molecular complexity index is 1110. The summed E-state index contributed by atoms with van der Waals surface area (Å²) in [6.07, 6.45) is -0.135. The van der Waals surface area contributed by atoms with Crippen LogP contribution in [-0.4, -0.2) is 62.3 Å². The van der Waals surface area contributed by atoms with Gasteiger partial charge in [-0.15, -0.1) is 0 Å². The maximum absolute atomic E-state index is 13.1. The van der Waals surface area contributed by atoms with E-state index in [-0.39, 0.29) is 17.9 Å². The Balaban J connectivity index is 1.58. The third kappa shape index (κ3) is 2.93. The van der Waals surface area contributed by atoms with E-state index in [9.17, 15) is 4.57 Å². The van der Waals surface area contributed by atoms with Crippen LogP contribution in [0.15, 0.2) is 11.3 Å². The van der Waals surface area contributed by atoms with Crippen molar-refractivity contribution in [3.05, 3.63) is 6.33 Å². The molecule has 4 heterocycles. The molecular weight excluding hydrogens is 427 g/mol. The van der Waals surface area contributed by atoms with Crippen LogP contribution in [0, 0.1) is 0 Å². The first-order valence-electron chi connectivity index (χ1n) is 10.1. The molecule has 6 atom stereocenters. The second-order valence-corrected chi connectivity index (χ2v) is 9.87. The van der Waals surface area contributed by atoms with E-state index in [1.54, 1.807) is 24.7 Å². The molecule has 0 bridgehead atoms. The standard InChI is InChI=1S/C18H25N6O6P/c1-6-26-13-11-12(22-16(19)23-13)24(8-21-11)15-17(4,20-5)14-18(27-15)7-10(18)29-31(25,30-14)28-9(2)3/h8-10,14-15H,5-7H2,1-4H3,(H2,19,22,23)/t10?,14-,15+,17+,18?,31?/m0/s1. The molecular formula is C18H25N6O6P. The second kappa shape index (κ2) is 6.69. The first-order chi connectivity index (χ1) is 14.7. The van der Waals surface area contributed by atoms with Crippen molar-refractivity contribution in [2.45, 2.75) is 69.8 Å². The van der Waals surface area contributed by atoms with Crippen molar-refractivity contribution in [1.29, 1.82) is 0 Å². The lowest BCUT2D eigenvalue weighted by atomic mass is 9.91. The number of phosphoric ester groups is 1. The lowest BCUT2D eigenvalue weighted by Gasteiger charge is -2.36. The molecule has 1 aliphatic carbocycles. The van der Waals surface area contributed by atoms with Crippen LogP contribution in [0.3, 0.4) is 0 Å². The number of aliphatic imine (C=N–C) groups is 1. The number of nitrogens with zero attached hydrogens (tertiary/aromatic N) is 5. The third-order valence-corrected chi connectivity index (χ3v) is 7.47. The number of ether oxygens (including phenoxy) is 2. The summed E-state index contributed by atoms with van der Waals surface area (Å²) in [7, 11) is -3.79. The number of nitrogens with two attached hydrogens (primary N) is 1. The minimum Gasteiger partial charge on any atom is -0.476 e. The predicted octanol–water partition coefficient (Wildman–Crippen LogP) is 2.25. The number of aromatic nitrogens is 4. The molecule has 5 rings (SSSR count). The van der Waals surface area contributed by atoms with Gasteiger partial charge in [0.2, 0.25) is 11.8 Å². The summed E-state index contributed by atoms with van der Waals surface area (Å²) in [5.74, 6) is 0.322. The van der Waals surface area contributed by atoms with Gasteiger partial charge in [-0.3, -0.25) is 23.1 Å². The number of anilines is 1. The molecule has 2 saturated heterocycles. The molecule has 2 aromatic rings. The quantitative estimate of drug-likeness (QED) is 0.511. The van der Waals surface area contributed by atoms with Crippen molar-refractivity contribution in [1.82, 2.24) is 19.5 Å². The van der Waals surface area contributed by atoms with Gasteiger partial charge in [0, 0.05) is 6.42 Å². The van der Waals surface area contributed by atoms with E-state index in [1.165, 1.54) is 0 Å². The maximum atomic E-state index is 13.1. The van der Waals surface area contributed by atoms with Gasteiger partial charge in [-0.25, -0.2) is 9.55 Å². The van der Waals surface area contributed by atoms with Crippen molar-refractivity contribution in [3.63, 3.8) is 0 Å². The van der Waals surface area contributed by atoms with Gasteiger partial charge < -0.3 is 15.2 Å². The molecule has 13 heteroatoms. The van der Waals surface area contributed by atoms with Gasteiger partial charge in [-0.1, -0.05) is 0 Å². The zero-order valence-corrected chi connectivity index (χ0v) is 18.6. The summed E-state index contributed by atoms with van der Waals surface area (Å²) in [4.78, 5) is 17.2. The summed E-state index contributed by atoms with van der Waals surface area (Å²) in [5.41, 5.74) is 4.91. The Kier molecular flexibility index (Phi) is 4.49. The smallest absolute Gasteiger partial charge is 0.475 e. The molecule has 2 aliphatic heterocycles. The summed E-state index contributed by atoms with van der Waals surface area (Å²) in [5, 5.41) is 0. The maximum Gasteiger partial charge on any atom is 0.475 e. The van der Waals surface area contributed by atoms with Crippen molar-refractivity contribution in [2.75, 3.05) is 12.3 Å². The molecule has 3 unspecified atom stereocenters. The van der Waals surface area contributed by atoms with Crippen LogP contribution in [-0.2, 0) is 22.9 Å². The van der Waals surface area contributed by atoms with Crippen LogP contribution in [0.5, 0.6) is 5.88 Å². The zero-order valence-electron chi connectivity index (χ0n) is 17.7. The summed E-state index contributed by atoms with van der Waals surface area (Å²) >= 11 is 0. The number of nitrogen functional groups attached to an aromatic ring is 1. The fourth-order valence-corrected chi connectivity index (χ4v) is 6.28. The largest absolute Gasteiger partial charge is 0.476 e. The zero-order chi connectivity index (χ0) is 22.2. The molecule has 0 amide bonds. The van der Waals surface area contributed by atoms with Gasteiger partial charge in [0.15, 0.2) is 17.4 Å². The Labute approximate surface area is 178 Å². The van der Waals surface area contributed by atoms with Gasteiger partial charge in [-0.05, 0) is 34.4 Å². The highest BCUT2D eigenvalue weighted by Gasteiger charge is 2.80. The number of imidazole rings is 1. The van der Waals surface area contributed by atoms with Crippen LogP contribution in [0.2, 0.25) is 0 Å². The van der Waals surface area contributed by atoms with Crippen molar-refractivity contribution >= 4 is 31.7 Å². The minimum atomic E-state index is -3.79. The molecule has 1 saturated carbocycles. The molecule has 0 radical (unpaired) electrons. The fourth-order valence-electron chi connectivity index (χ4n) is 4.40. The second-order valence-electron chi connectivity index (χ2n) is 8.34. The predicted molar refractivity (Wildman–Crippen MR) is 110 cm³/mol. The van der Waals surface area contributed by atoms with E-state index in [4.69, 9.17) is 28.8 Å². The van der Waals surface area contributed by atoms with E-state index in [2.05, 4.69) is 26.7 Å². The Morgan fingerprint density at radius 3 is 2.90 bits per heavy atom. The molecule has 2 N–H and O–H groups in total. The summed E-state index contributed by atoms with van der Waals surface area (Å²) in [6.45, 7) is 11.4. The molecule has 1 spiro atoms. The normalized spacial score (nSPS) is 38.8. The van der Waals surface area contributed by atoms with E-state index in [1.807, 2.05) is 13.8 Å². The van der Waals surface area contributed by atoms with Gasteiger partial charge in [0.1, 0.15) is 23.3 Å². The van der Waals surface area contributed by atoms with Gasteiger partial charge in [0.05, 0.1) is 19.0 Å². The Morgan fingerprint density at radius 1 is 1.45 bits per heavy atom. The first kappa shape index (κ1) is 20.8. The van der Waals surface area contributed by atoms with Crippen LogP contribution in [0.25, 0.3) is 11.2 Å². The number of fused-ring (bicyclic) bond motifs is 1. The lowest BCUT2D eigenvalue weighted by molar-refractivity contribution is -0.0830. The number of phosphoric acid groups is 1. The van der Waals surface area contributed by atoms with Crippen LogP contribution in [0.1, 0.15) is 40.3 Å². The van der Waals surface area contributed by atoms with Gasteiger partial charge in [0.25, 0.3) is 0 Å². The SMILES string of the molecule is C=N[C@]1(C)[C@@H]2OP(=O)(OC(C)C)OC3CC32O[C@H]1n1cnc2c(OCC)nc(N)nc21.